The van der Waals surface area contributed by atoms with Crippen LogP contribution in [0.5, 0.6) is 0 Å². The van der Waals surface area contributed by atoms with Gasteiger partial charge in [0.1, 0.15) is 12.7 Å². The van der Waals surface area contributed by atoms with Crippen molar-refractivity contribution < 1.29 is 11.4 Å². The van der Waals surface area contributed by atoms with Crippen LogP contribution in [0.1, 0.15) is 38.8 Å². The first-order valence-corrected chi connectivity index (χ1v) is 7.28. The number of fused-ring (bicyclic) bond motifs is 1. The van der Waals surface area contributed by atoms with Crippen molar-refractivity contribution in [1.82, 2.24) is 14.0 Å². The molecule has 0 aromatic carbocycles. The van der Waals surface area contributed by atoms with Crippen molar-refractivity contribution in [2.75, 3.05) is 0 Å². The van der Waals surface area contributed by atoms with E-state index in [2.05, 4.69) is 4.98 Å². The Hall–Kier alpha value is -2.10. The van der Waals surface area contributed by atoms with E-state index in [1.807, 2.05) is 28.4 Å². The number of aromatic nitrogens is 4. The molecule has 4 nitrogen and oxygen atoms in total. The quantitative estimate of drug-likeness (QED) is 0.668. The summed E-state index contributed by atoms with van der Waals surface area (Å²) in [4.78, 5) is 4.31. The molecule has 0 aliphatic heterocycles. The van der Waals surface area contributed by atoms with E-state index in [4.69, 9.17) is 6.85 Å². The summed E-state index contributed by atoms with van der Waals surface area (Å²) in [7, 11) is 3.66. The van der Waals surface area contributed by atoms with Crippen LogP contribution >= 0.6 is 0 Å². The summed E-state index contributed by atoms with van der Waals surface area (Å²) >= 11 is 0. The Bertz CT molecular complexity index is 1010. The fourth-order valence-corrected chi connectivity index (χ4v) is 2.64. The molecule has 0 unspecified atom stereocenters. The molecule has 0 atom stereocenters. The second-order valence-electron chi connectivity index (χ2n) is 6.68. The van der Waals surface area contributed by atoms with Crippen LogP contribution in [0.3, 0.4) is 0 Å². The molecule has 4 heteroatoms. The molecule has 0 aliphatic rings. The van der Waals surface area contributed by atoms with Crippen LogP contribution < -0.4 is 4.57 Å². The first-order valence-electron chi connectivity index (χ1n) is 9.78. The molecule has 0 fully saturated rings. The fraction of sp³-hybridized carbons (Fsp3) is 0.444. The summed E-state index contributed by atoms with van der Waals surface area (Å²) in [5.41, 5.74) is 1.00. The lowest BCUT2D eigenvalue weighted by atomic mass is 9.86. The van der Waals surface area contributed by atoms with Gasteiger partial charge in [0, 0.05) is 44.1 Å². The van der Waals surface area contributed by atoms with Crippen molar-refractivity contribution in [2.45, 2.75) is 34.0 Å². The van der Waals surface area contributed by atoms with E-state index < -0.39 is 18.6 Å². The minimum absolute atomic E-state index is 0.0349. The molecule has 3 rings (SSSR count). The van der Waals surface area contributed by atoms with Gasteiger partial charge in [0.2, 0.25) is 11.5 Å². The molecule has 0 saturated carbocycles. The lowest BCUT2D eigenvalue weighted by molar-refractivity contribution is -0.661. The van der Waals surface area contributed by atoms with Crippen LogP contribution in [0.2, 0.25) is 0 Å². The average Bonchev–Trinajstić information content (AvgIpc) is 3.08. The third kappa shape index (κ3) is 2.54. The fourth-order valence-electron chi connectivity index (χ4n) is 2.64. The molecule has 0 radical (unpaired) electrons. The minimum atomic E-state index is -2.41. The van der Waals surface area contributed by atoms with Crippen LogP contribution in [-0.4, -0.2) is 14.0 Å². The Balaban J connectivity index is 2.33. The summed E-state index contributed by atoms with van der Waals surface area (Å²) in [6.45, 7) is 2.92. The molecule has 3 aromatic heterocycles. The molecular weight excluding hydrogens is 272 g/mol. The summed E-state index contributed by atoms with van der Waals surface area (Å²) < 4.78 is 46.6. The first kappa shape index (κ1) is 9.82. The van der Waals surface area contributed by atoms with Gasteiger partial charge in [-0.3, -0.25) is 4.40 Å². The Morgan fingerprint density at radius 2 is 2.18 bits per heavy atom. The molecule has 22 heavy (non-hydrogen) atoms. The second kappa shape index (κ2) is 4.97. The standard InChI is InChI=1S/C18H25N4/c1-13-11-20(5)15(9-14(13)10-18(2,3)4)16-12-22-8-7-19-17(22)21(16)6/h7-9,11-12H,10H2,1-6H3/q+1/i1D3,10D2. The Morgan fingerprint density at radius 3 is 2.82 bits per heavy atom. The summed E-state index contributed by atoms with van der Waals surface area (Å²) in [6, 6.07) is 1.67. The lowest BCUT2D eigenvalue weighted by Crippen LogP contribution is -2.32. The lowest BCUT2D eigenvalue weighted by Gasteiger charge is -2.19. The molecule has 0 amide bonds. The smallest absolute Gasteiger partial charge is 0.230 e. The zero-order chi connectivity index (χ0) is 20.4. The van der Waals surface area contributed by atoms with Crippen molar-refractivity contribution >= 4 is 5.78 Å². The van der Waals surface area contributed by atoms with Crippen LogP contribution in [0.4, 0.5) is 0 Å². The first-order chi connectivity index (χ1) is 12.2. The maximum Gasteiger partial charge on any atom is 0.230 e. The SMILES string of the molecule is [2H]C([2H])([2H])c1c[n+](C)c(-c2cn3ccnc3n2C)cc1C([2H])([2H])C(C)(C)C. The highest BCUT2D eigenvalue weighted by Crippen LogP contribution is 2.26. The second-order valence-corrected chi connectivity index (χ2v) is 6.68. The molecule has 0 aliphatic carbocycles. The predicted octanol–water partition coefficient (Wildman–Crippen LogP) is 3.06. The van der Waals surface area contributed by atoms with Gasteiger partial charge in [-0.1, -0.05) is 20.8 Å². The third-order valence-corrected chi connectivity index (χ3v) is 3.62. The van der Waals surface area contributed by atoms with Gasteiger partial charge in [-0.15, -0.1) is 0 Å². The van der Waals surface area contributed by atoms with E-state index in [0.717, 1.165) is 17.2 Å². The number of imidazole rings is 2. The topological polar surface area (TPSA) is 26.1 Å². The van der Waals surface area contributed by atoms with Crippen molar-refractivity contribution in [3.63, 3.8) is 0 Å². The molecule has 3 heterocycles. The van der Waals surface area contributed by atoms with Crippen molar-refractivity contribution in [1.29, 1.82) is 0 Å². The van der Waals surface area contributed by atoms with Gasteiger partial charge >= 0.3 is 0 Å². The zero-order valence-corrected chi connectivity index (χ0v) is 13.7. The zero-order valence-electron chi connectivity index (χ0n) is 18.7. The van der Waals surface area contributed by atoms with Gasteiger partial charge in [-0.25, -0.2) is 4.98 Å². The number of hydrogen-bond donors (Lipinski definition) is 0. The monoisotopic (exact) mass is 302 g/mol. The number of hydrogen-bond acceptors (Lipinski definition) is 1. The maximum absolute atomic E-state index is 8.68. The summed E-state index contributed by atoms with van der Waals surface area (Å²) in [5.74, 6) is 0.755. The summed E-state index contributed by atoms with van der Waals surface area (Å²) in [6.07, 6.45) is 5.15. The van der Waals surface area contributed by atoms with E-state index in [1.54, 1.807) is 44.6 Å². The number of nitrogens with zero attached hydrogens (tertiary/aromatic N) is 4. The molecule has 0 bridgehead atoms. The Kier molecular flexibility index (Phi) is 2.22. The number of pyridine rings is 1. The highest BCUT2D eigenvalue weighted by Gasteiger charge is 2.21. The van der Waals surface area contributed by atoms with Gasteiger partial charge in [0.15, 0.2) is 6.20 Å². The van der Waals surface area contributed by atoms with Crippen LogP contribution in [0.15, 0.2) is 30.9 Å². The number of rotatable bonds is 2. The largest absolute Gasteiger partial charge is 0.308 e. The average molecular weight is 302 g/mol. The van der Waals surface area contributed by atoms with Gasteiger partial charge in [0.25, 0.3) is 0 Å². The highest BCUT2D eigenvalue weighted by molar-refractivity contribution is 5.57. The molecule has 3 aromatic rings. The molecule has 116 valence electrons. The maximum atomic E-state index is 8.68. The third-order valence-electron chi connectivity index (χ3n) is 3.62. The summed E-state index contributed by atoms with van der Waals surface area (Å²) in [5, 5.41) is 0. The highest BCUT2D eigenvalue weighted by atomic mass is 15.2. The molecule has 0 spiro atoms. The van der Waals surface area contributed by atoms with Gasteiger partial charge in [-0.05, 0) is 24.2 Å². The van der Waals surface area contributed by atoms with E-state index in [0.29, 0.717) is 0 Å². The normalized spacial score (nSPS) is 16.9. The van der Waals surface area contributed by atoms with Gasteiger partial charge in [-0.2, -0.15) is 4.57 Å². The molecule has 0 saturated heterocycles. The van der Waals surface area contributed by atoms with E-state index >= 15 is 0 Å². The van der Waals surface area contributed by atoms with Crippen LogP contribution in [0.25, 0.3) is 17.2 Å². The van der Waals surface area contributed by atoms with E-state index in [-0.39, 0.29) is 11.1 Å². The van der Waals surface area contributed by atoms with Gasteiger partial charge < -0.3 is 4.57 Å². The predicted molar refractivity (Wildman–Crippen MR) is 88.7 cm³/mol. The van der Waals surface area contributed by atoms with Gasteiger partial charge in [0.05, 0.1) is 0 Å². The van der Waals surface area contributed by atoms with Crippen LogP contribution in [-0.2, 0) is 20.5 Å². The van der Waals surface area contributed by atoms with Crippen molar-refractivity contribution in [2.24, 2.45) is 19.5 Å². The minimum Gasteiger partial charge on any atom is -0.308 e. The van der Waals surface area contributed by atoms with E-state index in [9.17, 15) is 0 Å². The number of aryl methyl sites for hydroxylation is 3. The Labute approximate surface area is 139 Å². The van der Waals surface area contributed by atoms with E-state index in [1.165, 1.54) is 6.20 Å². The Morgan fingerprint density at radius 1 is 1.41 bits per heavy atom. The van der Waals surface area contributed by atoms with Crippen LogP contribution in [0, 0.1) is 12.3 Å². The van der Waals surface area contributed by atoms with Crippen molar-refractivity contribution in [3.05, 3.63) is 42.0 Å². The molecule has 0 N–H and O–H groups in total. The van der Waals surface area contributed by atoms with Crippen molar-refractivity contribution in [3.8, 4) is 11.4 Å². The molecular formula is C18H25N4+.